The van der Waals surface area contributed by atoms with Crippen molar-refractivity contribution in [1.82, 2.24) is 0 Å². The molecule has 20 heavy (non-hydrogen) atoms. The van der Waals surface area contributed by atoms with E-state index in [1.54, 1.807) is 0 Å². The van der Waals surface area contributed by atoms with Gasteiger partial charge in [-0.1, -0.05) is 0 Å². The van der Waals surface area contributed by atoms with Crippen LogP contribution < -0.4 is 0 Å². The van der Waals surface area contributed by atoms with Gasteiger partial charge < -0.3 is 0 Å². The zero-order chi connectivity index (χ0) is 16.1. The van der Waals surface area contributed by atoms with E-state index in [0.29, 0.717) is 0 Å². The second-order valence-corrected chi connectivity index (χ2v) is 16.3. The number of allylic oxidation sites excluding steroid dienone is 2. The summed E-state index contributed by atoms with van der Waals surface area (Å²) in [5.74, 6) is -0.691. The average Bonchev–Trinajstić information content (AvgIpc) is 2.26. The average molecular weight is 362 g/mol. The molecular weight excluding hydrogens is 335 g/mol. The predicted molar refractivity (Wildman–Crippen MR) is 77.0 cm³/mol. The van der Waals surface area contributed by atoms with Gasteiger partial charge in [-0.15, -0.1) is 0 Å². The summed E-state index contributed by atoms with van der Waals surface area (Å²) in [7, 11) is 0. The summed E-state index contributed by atoms with van der Waals surface area (Å²) in [6, 6.07) is 0. The summed E-state index contributed by atoms with van der Waals surface area (Å²) in [5, 5.41) is 0. The Bertz CT molecular complexity index is 455. The molecule has 0 unspecified atom stereocenters. The van der Waals surface area contributed by atoms with E-state index in [0.717, 1.165) is 0 Å². The Hall–Kier alpha value is -0.667. The number of hydrogen-bond acceptors (Lipinski definition) is 4. The van der Waals surface area contributed by atoms with Crippen LogP contribution in [-0.2, 0) is 32.9 Å². The van der Waals surface area contributed by atoms with E-state index in [1.807, 2.05) is 20.8 Å². The Kier molecular flexibility index (Phi) is 6.63. The third kappa shape index (κ3) is 6.19. The van der Waals surface area contributed by atoms with Crippen molar-refractivity contribution in [3.8, 4) is 0 Å². The zero-order valence-corrected chi connectivity index (χ0v) is 15.5. The van der Waals surface area contributed by atoms with Gasteiger partial charge in [-0.05, 0) is 0 Å². The normalized spacial score (nSPS) is 12.7. The molecule has 0 aliphatic heterocycles. The Balaban J connectivity index is 5.53. The molecule has 0 aromatic rings. The third-order valence-corrected chi connectivity index (χ3v) is 11.4. The fourth-order valence-electron chi connectivity index (χ4n) is 1.54. The fraction of sp³-hybridized carbons (Fsp3) is 0.533. The van der Waals surface area contributed by atoms with Gasteiger partial charge in [-0.3, -0.25) is 0 Å². The molecule has 0 saturated heterocycles. The zero-order valence-electron chi connectivity index (χ0n) is 13.0. The molecule has 0 fully saturated rings. The van der Waals surface area contributed by atoms with Crippen LogP contribution in [0.25, 0.3) is 0 Å². The van der Waals surface area contributed by atoms with Crippen molar-refractivity contribution in [2.45, 2.75) is 36.0 Å². The van der Waals surface area contributed by atoms with Crippen LogP contribution >= 0.6 is 0 Å². The van der Waals surface area contributed by atoms with Gasteiger partial charge in [0.05, 0.1) is 0 Å². The Labute approximate surface area is 124 Å². The quantitative estimate of drug-likeness (QED) is 0.479. The summed E-state index contributed by atoms with van der Waals surface area (Å²) in [6.45, 7) is 18.3. The Morgan fingerprint density at radius 2 is 1.65 bits per heavy atom. The molecule has 0 N–H and O–H groups in total. The number of hydrogen-bond donors (Lipinski definition) is 0. The standard InChI is InChI=1S/C5H11O.C4H6O2.2C3H5.O.Zr/c1-5(2,3)4-6;1-3(2)4(5)6;2*1-3-2;;/h4H2,1-3H3;1H2,2H3,(H,5,6);2*3H,1-2H2;;/q-1;;;;;+2/p-1. The SMILES string of the molecule is C=C[CH2][Zr](=[O])([CH2]C=C)([O]CC(C)(C)C)[O]C(=O)C(=C)C. The first-order valence-electron chi connectivity index (χ1n) is 6.61. The molecule has 5 heteroatoms. The van der Waals surface area contributed by atoms with Crippen LogP contribution in [0, 0.1) is 5.41 Å². The number of rotatable bonds is 8. The minimum absolute atomic E-state index is 0.0302. The van der Waals surface area contributed by atoms with Crippen LogP contribution in [0.1, 0.15) is 27.7 Å². The molecule has 0 radical (unpaired) electrons. The van der Waals surface area contributed by atoms with Gasteiger partial charge in [-0.25, -0.2) is 0 Å². The van der Waals surface area contributed by atoms with Gasteiger partial charge >= 0.3 is 124 Å². The van der Waals surface area contributed by atoms with Crippen molar-refractivity contribution in [2.75, 3.05) is 6.61 Å². The van der Waals surface area contributed by atoms with Crippen molar-refractivity contribution in [1.29, 1.82) is 0 Å². The van der Waals surface area contributed by atoms with E-state index in [4.69, 9.17) is 5.63 Å². The second kappa shape index (κ2) is 6.86. The van der Waals surface area contributed by atoms with E-state index >= 15 is 0 Å². The second-order valence-electron chi connectivity index (χ2n) is 6.37. The van der Waals surface area contributed by atoms with E-state index < -0.39 is 25.6 Å². The van der Waals surface area contributed by atoms with Gasteiger partial charge in [0.15, 0.2) is 0 Å². The Morgan fingerprint density at radius 1 is 1.20 bits per heavy atom. The molecule has 0 aliphatic rings. The predicted octanol–water partition coefficient (Wildman–Crippen LogP) is 4.24. The fourth-order valence-corrected chi connectivity index (χ4v) is 9.13. The number of carbonyl (C=O) groups is 1. The van der Waals surface area contributed by atoms with Crippen LogP contribution in [0.3, 0.4) is 0 Å². The summed E-state index contributed by atoms with van der Waals surface area (Å²) >= 11 is -5.43. The molecule has 0 bridgehead atoms. The monoisotopic (exact) mass is 360 g/mol. The van der Waals surface area contributed by atoms with Crippen molar-refractivity contribution >= 4 is 5.97 Å². The van der Waals surface area contributed by atoms with Crippen LogP contribution in [0.5, 0.6) is 0 Å². The molecule has 0 aromatic heterocycles. The molecule has 4 nitrogen and oxygen atoms in total. The first-order chi connectivity index (χ1) is 8.95. The molecule has 0 spiro atoms. The van der Waals surface area contributed by atoms with E-state index in [1.165, 1.54) is 19.1 Å². The topological polar surface area (TPSA) is 52.6 Å². The van der Waals surface area contributed by atoms with Gasteiger partial charge in [-0.2, -0.15) is 0 Å². The van der Waals surface area contributed by atoms with Crippen LogP contribution in [-0.4, -0.2) is 12.6 Å². The summed E-state index contributed by atoms with van der Waals surface area (Å²) in [6.07, 6.45) is 2.94. The van der Waals surface area contributed by atoms with Gasteiger partial charge in [0.25, 0.3) is 0 Å². The summed E-state index contributed by atoms with van der Waals surface area (Å²) in [4.78, 5) is 11.8. The van der Waals surface area contributed by atoms with Crippen molar-refractivity contribution in [2.24, 2.45) is 5.41 Å². The molecule has 114 valence electrons. The molecule has 0 aromatic carbocycles. The summed E-state index contributed by atoms with van der Waals surface area (Å²) in [5.41, 5.74) is -0.00835. The van der Waals surface area contributed by atoms with Crippen molar-refractivity contribution < 1.29 is 32.9 Å². The van der Waals surface area contributed by atoms with Crippen molar-refractivity contribution in [3.05, 3.63) is 37.5 Å². The maximum absolute atomic E-state index is 13.4. The molecule has 0 rings (SSSR count). The van der Waals surface area contributed by atoms with E-state index in [9.17, 15) is 7.61 Å². The van der Waals surface area contributed by atoms with Gasteiger partial charge in [0.2, 0.25) is 0 Å². The first-order valence-corrected chi connectivity index (χ1v) is 13.1. The molecular formula is C15H26O4Zr. The number of carbonyl (C=O) groups excluding carboxylic acids is 1. The molecule has 0 heterocycles. The first kappa shape index (κ1) is 19.3. The van der Waals surface area contributed by atoms with Crippen LogP contribution in [0.4, 0.5) is 0 Å². The van der Waals surface area contributed by atoms with Gasteiger partial charge in [0, 0.05) is 0 Å². The van der Waals surface area contributed by atoms with E-state index in [-0.39, 0.29) is 25.9 Å². The van der Waals surface area contributed by atoms with E-state index in [2.05, 4.69) is 19.7 Å². The molecule has 0 saturated carbocycles. The summed E-state index contributed by atoms with van der Waals surface area (Å²) < 4.78 is 24.5. The minimum atomic E-state index is -5.43. The molecule has 0 aliphatic carbocycles. The van der Waals surface area contributed by atoms with Gasteiger partial charge in [0.1, 0.15) is 0 Å². The van der Waals surface area contributed by atoms with Crippen LogP contribution in [0.15, 0.2) is 37.5 Å². The molecule has 0 atom stereocenters. The third-order valence-electron chi connectivity index (χ3n) is 2.57. The van der Waals surface area contributed by atoms with Crippen molar-refractivity contribution in [3.63, 3.8) is 0 Å². The molecule has 0 amide bonds. The van der Waals surface area contributed by atoms with Crippen LogP contribution in [0.2, 0.25) is 8.26 Å². The Morgan fingerprint density at radius 3 is 1.95 bits per heavy atom. The maximum atomic E-state index is 13.4.